The van der Waals surface area contributed by atoms with Crippen LogP contribution in [-0.4, -0.2) is 26.3 Å². The van der Waals surface area contributed by atoms with Crippen molar-refractivity contribution in [3.63, 3.8) is 0 Å². The molecule has 0 saturated carbocycles. The van der Waals surface area contributed by atoms with Crippen molar-refractivity contribution in [1.29, 1.82) is 0 Å². The van der Waals surface area contributed by atoms with Crippen LogP contribution in [0.1, 0.15) is 17.7 Å². The first-order valence-electron chi connectivity index (χ1n) is 4.16. The number of carbonyl (C=O) groups is 1. The Labute approximate surface area is 84.4 Å². The minimum atomic E-state index is 0.196. The van der Waals surface area contributed by atoms with Crippen molar-refractivity contribution in [1.82, 2.24) is 15.1 Å². The fraction of sp³-hybridized carbons (Fsp3) is 0.500. The summed E-state index contributed by atoms with van der Waals surface area (Å²) in [5, 5.41) is 7.53. The number of hydrogen-bond acceptors (Lipinski definition) is 2. The molecule has 1 amide bonds. The van der Waals surface area contributed by atoms with Crippen LogP contribution in [0.2, 0.25) is 0 Å². The van der Waals surface area contributed by atoms with Crippen molar-refractivity contribution in [2.24, 2.45) is 0 Å². The van der Waals surface area contributed by atoms with Gasteiger partial charge in [-0.25, -0.2) is 0 Å². The maximum atomic E-state index is 11.5. The molecule has 1 N–H and O–H groups in total. The summed E-state index contributed by atoms with van der Waals surface area (Å²) in [7, 11) is 0. The molecule has 0 atom stereocenters. The number of rotatable bonds is 2. The van der Waals surface area contributed by atoms with Crippen molar-refractivity contribution in [3.8, 4) is 0 Å². The van der Waals surface area contributed by atoms with Gasteiger partial charge in [-0.05, 0) is 0 Å². The van der Waals surface area contributed by atoms with Crippen LogP contribution in [0, 0.1) is 0 Å². The average molecular weight is 244 g/mol. The van der Waals surface area contributed by atoms with E-state index in [1.165, 1.54) is 0 Å². The lowest BCUT2D eigenvalue weighted by Crippen LogP contribution is -2.25. The number of aromatic amines is 1. The summed E-state index contributed by atoms with van der Waals surface area (Å²) in [6.45, 7) is 1.39. The highest BCUT2D eigenvalue weighted by atomic mass is 79.9. The lowest BCUT2D eigenvalue weighted by molar-refractivity contribution is -0.131. The number of carbonyl (C=O) groups excluding carboxylic acids is 1. The predicted molar refractivity (Wildman–Crippen MR) is 51.3 cm³/mol. The SMILES string of the molecule is O=C(CCBr)N1Cc2cn[nH]c2C1. The molecule has 70 valence electrons. The number of nitrogens with zero attached hydrogens (tertiary/aromatic N) is 2. The summed E-state index contributed by atoms with van der Waals surface area (Å²) in [6, 6.07) is 0. The van der Waals surface area contributed by atoms with Gasteiger partial charge in [-0.15, -0.1) is 0 Å². The first-order chi connectivity index (χ1) is 6.31. The van der Waals surface area contributed by atoms with Crippen molar-refractivity contribution in [3.05, 3.63) is 17.5 Å². The second-order valence-corrected chi connectivity index (χ2v) is 3.86. The summed E-state index contributed by atoms with van der Waals surface area (Å²) in [5.74, 6) is 0.196. The lowest BCUT2D eigenvalue weighted by Gasteiger charge is -2.14. The third-order valence-corrected chi connectivity index (χ3v) is 2.58. The lowest BCUT2D eigenvalue weighted by atomic mass is 10.3. The van der Waals surface area contributed by atoms with Crippen molar-refractivity contribution < 1.29 is 4.79 Å². The van der Waals surface area contributed by atoms with Gasteiger partial charge in [0.15, 0.2) is 0 Å². The molecule has 2 rings (SSSR count). The number of hydrogen-bond donors (Lipinski definition) is 1. The monoisotopic (exact) mass is 243 g/mol. The van der Waals surface area contributed by atoms with E-state index in [1.807, 2.05) is 4.90 Å². The third-order valence-electron chi connectivity index (χ3n) is 2.18. The zero-order chi connectivity index (χ0) is 9.26. The van der Waals surface area contributed by atoms with Crippen LogP contribution in [0.3, 0.4) is 0 Å². The molecule has 1 aliphatic heterocycles. The van der Waals surface area contributed by atoms with Gasteiger partial charge in [-0.1, -0.05) is 15.9 Å². The van der Waals surface area contributed by atoms with Crippen LogP contribution in [0.5, 0.6) is 0 Å². The van der Waals surface area contributed by atoms with Gasteiger partial charge in [0.25, 0.3) is 0 Å². The fourth-order valence-electron chi connectivity index (χ4n) is 1.48. The third kappa shape index (κ3) is 1.60. The van der Waals surface area contributed by atoms with E-state index in [1.54, 1.807) is 6.20 Å². The summed E-state index contributed by atoms with van der Waals surface area (Å²) in [4.78, 5) is 13.3. The molecule has 1 aromatic heterocycles. The maximum Gasteiger partial charge on any atom is 0.224 e. The Morgan fingerprint density at radius 1 is 1.69 bits per heavy atom. The molecule has 0 bridgehead atoms. The molecule has 0 unspecified atom stereocenters. The van der Waals surface area contributed by atoms with Gasteiger partial charge in [0, 0.05) is 23.9 Å². The zero-order valence-corrected chi connectivity index (χ0v) is 8.67. The van der Waals surface area contributed by atoms with Gasteiger partial charge in [-0.2, -0.15) is 5.10 Å². The maximum absolute atomic E-state index is 11.5. The van der Waals surface area contributed by atoms with Crippen molar-refractivity contribution in [2.45, 2.75) is 19.5 Å². The second-order valence-electron chi connectivity index (χ2n) is 3.06. The van der Waals surface area contributed by atoms with Crippen LogP contribution < -0.4 is 0 Å². The normalized spacial score (nSPS) is 14.7. The quantitative estimate of drug-likeness (QED) is 0.790. The highest BCUT2D eigenvalue weighted by Crippen LogP contribution is 2.20. The summed E-state index contributed by atoms with van der Waals surface area (Å²) in [5.41, 5.74) is 2.21. The highest BCUT2D eigenvalue weighted by molar-refractivity contribution is 9.09. The number of nitrogens with one attached hydrogen (secondary N) is 1. The molecule has 0 spiro atoms. The van der Waals surface area contributed by atoms with E-state index in [0.717, 1.165) is 16.6 Å². The molecule has 0 aliphatic carbocycles. The Balaban J connectivity index is 2.01. The topological polar surface area (TPSA) is 49.0 Å². The predicted octanol–water partition coefficient (Wildman–Crippen LogP) is 1.04. The minimum Gasteiger partial charge on any atom is -0.332 e. The van der Waals surface area contributed by atoms with E-state index in [-0.39, 0.29) is 5.91 Å². The first kappa shape index (κ1) is 8.74. The Hall–Kier alpha value is -0.840. The molecule has 2 heterocycles. The number of H-pyrrole nitrogens is 1. The van der Waals surface area contributed by atoms with E-state index >= 15 is 0 Å². The van der Waals surface area contributed by atoms with Gasteiger partial charge in [-0.3, -0.25) is 9.89 Å². The number of alkyl halides is 1. The van der Waals surface area contributed by atoms with Crippen LogP contribution in [0.4, 0.5) is 0 Å². The summed E-state index contributed by atoms with van der Waals surface area (Å²) < 4.78 is 0. The molecule has 0 radical (unpaired) electrons. The summed E-state index contributed by atoms with van der Waals surface area (Å²) in [6.07, 6.45) is 2.36. The van der Waals surface area contributed by atoms with Crippen molar-refractivity contribution >= 4 is 21.8 Å². The molecular weight excluding hydrogens is 234 g/mol. The minimum absolute atomic E-state index is 0.196. The Morgan fingerprint density at radius 2 is 2.54 bits per heavy atom. The molecule has 13 heavy (non-hydrogen) atoms. The van der Waals surface area contributed by atoms with E-state index in [9.17, 15) is 4.79 Å². The summed E-state index contributed by atoms with van der Waals surface area (Å²) >= 11 is 3.26. The van der Waals surface area contributed by atoms with Crippen molar-refractivity contribution in [2.75, 3.05) is 5.33 Å². The van der Waals surface area contributed by atoms with Gasteiger partial charge < -0.3 is 4.90 Å². The van der Waals surface area contributed by atoms with Crippen LogP contribution in [-0.2, 0) is 17.9 Å². The Morgan fingerprint density at radius 3 is 3.23 bits per heavy atom. The van der Waals surface area contributed by atoms with Gasteiger partial charge >= 0.3 is 0 Å². The second kappa shape index (κ2) is 3.49. The van der Waals surface area contributed by atoms with Gasteiger partial charge in [0.2, 0.25) is 5.91 Å². The number of amides is 1. The standard InChI is InChI=1S/C8H10BrN3O/c9-2-1-8(13)12-4-6-3-10-11-7(6)5-12/h3H,1-2,4-5H2,(H,10,11). The number of halogens is 1. The van der Waals surface area contributed by atoms with E-state index in [4.69, 9.17) is 0 Å². The molecule has 0 aromatic carbocycles. The van der Waals surface area contributed by atoms with Gasteiger partial charge in [0.1, 0.15) is 0 Å². The molecule has 1 aliphatic rings. The van der Waals surface area contributed by atoms with Crippen LogP contribution in [0.15, 0.2) is 6.20 Å². The van der Waals surface area contributed by atoms with E-state index < -0.39 is 0 Å². The molecule has 1 aromatic rings. The molecule has 5 heteroatoms. The fourth-order valence-corrected chi connectivity index (χ4v) is 1.82. The van der Waals surface area contributed by atoms with Crippen LogP contribution in [0.25, 0.3) is 0 Å². The number of aromatic nitrogens is 2. The largest absolute Gasteiger partial charge is 0.332 e. The van der Waals surface area contributed by atoms with E-state index in [2.05, 4.69) is 26.1 Å². The van der Waals surface area contributed by atoms with E-state index in [0.29, 0.717) is 19.5 Å². The molecule has 4 nitrogen and oxygen atoms in total. The highest BCUT2D eigenvalue weighted by Gasteiger charge is 2.23. The smallest absolute Gasteiger partial charge is 0.224 e. The first-order valence-corrected chi connectivity index (χ1v) is 5.28. The zero-order valence-electron chi connectivity index (χ0n) is 7.09. The Kier molecular flexibility index (Phi) is 2.35. The van der Waals surface area contributed by atoms with Crippen LogP contribution >= 0.6 is 15.9 Å². The molecular formula is C8H10BrN3O. The van der Waals surface area contributed by atoms with Gasteiger partial charge in [0.05, 0.1) is 18.4 Å². The number of fused-ring (bicyclic) bond motifs is 1. The molecule has 0 fully saturated rings. The average Bonchev–Trinajstić information content (AvgIpc) is 2.61. The Bertz CT molecular complexity index is 302. The molecule has 0 saturated heterocycles.